The molecular weight excluding hydrogens is 1010 g/mol. The van der Waals surface area contributed by atoms with Crippen LogP contribution < -0.4 is 26.2 Å². The summed E-state index contributed by atoms with van der Waals surface area (Å²) in [6.45, 7) is 9.75. The van der Waals surface area contributed by atoms with Gasteiger partial charge in [0.25, 0.3) is 11.8 Å². The van der Waals surface area contributed by atoms with Crippen LogP contribution in [-0.2, 0) is 33.3 Å². The first kappa shape index (κ1) is 55.8. The van der Waals surface area contributed by atoms with E-state index in [1.165, 1.54) is 51.5 Å². The Morgan fingerprint density at radius 1 is 0.829 bits per heavy atom. The Morgan fingerprint density at radius 3 is 2.13 bits per heavy atom. The van der Waals surface area contributed by atoms with E-state index in [0.717, 1.165) is 12.1 Å². The zero-order chi connectivity index (χ0) is 54.7. The van der Waals surface area contributed by atoms with Crippen LogP contribution in [0.25, 0.3) is 11.0 Å². The van der Waals surface area contributed by atoms with Crippen LogP contribution in [0.5, 0.6) is 0 Å². The number of amides is 5. The third-order valence-electron chi connectivity index (χ3n) is 15.7. The number of nitrogens with two attached hydrogens (primary N) is 1. The average molecular weight is 1080 g/mol. The lowest BCUT2D eigenvalue weighted by Gasteiger charge is -2.38. The summed E-state index contributed by atoms with van der Waals surface area (Å²) in [6.07, 6.45) is -3.29. The van der Waals surface area contributed by atoms with Crippen LogP contribution in [0.3, 0.4) is 0 Å². The number of anilines is 2. The summed E-state index contributed by atoms with van der Waals surface area (Å²) in [4.78, 5) is 80.7. The van der Waals surface area contributed by atoms with Gasteiger partial charge in [-0.15, -0.1) is 0 Å². The summed E-state index contributed by atoms with van der Waals surface area (Å²) in [6, 6.07) is 11.3. The predicted molar refractivity (Wildman–Crippen MR) is 279 cm³/mol. The standard InChI is InChI=1S/C53H70F3N9O10Si/c1-29(72-4)45(61-53(70)74-6)50(67)63-17-9-10-43(63)48-58-39-25-35(36(54)26-40(39)59-48)42-16-15-41(65(42)34-23-37(55)46(38(56)24-34)62-18-20-76(7,8)21-19-62)32-11-13-33(14-12-32)49(66)60-44-22-31(28-71-3)27-64(44)51(68)47(30(2)73-5)75-52(57)69/h11-14,23-26,29-31,41-45,47H,9-10,15-22,27-28H2,1-8H3,(H2,57,69)(H,58,59)(H,60,66)(H,61,70)/t29?,30?,31-,41+,42+,43-,44-,45?,47?/m0/s1. The Kier molecular flexibility index (Phi) is 17.2. The minimum absolute atomic E-state index is 0.0859. The summed E-state index contributed by atoms with van der Waals surface area (Å²) < 4.78 is 76.1. The number of imidazole rings is 1. The minimum Gasteiger partial charge on any atom is -0.453 e. The Bertz CT molecular complexity index is 2760. The van der Waals surface area contributed by atoms with Gasteiger partial charge in [-0.25, -0.2) is 27.7 Å². The van der Waals surface area contributed by atoms with Crippen LogP contribution in [0, 0.1) is 23.4 Å². The average Bonchev–Trinajstić information content (AvgIpc) is 4.23. The molecule has 4 fully saturated rings. The first-order valence-corrected chi connectivity index (χ1v) is 29.3. The molecule has 0 spiro atoms. The molecule has 0 bridgehead atoms. The van der Waals surface area contributed by atoms with Crippen molar-refractivity contribution in [2.45, 2.75) is 120 Å². The van der Waals surface area contributed by atoms with Crippen LogP contribution >= 0.6 is 0 Å². The summed E-state index contributed by atoms with van der Waals surface area (Å²) in [5, 5.41) is 5.54. The normalized spacial score (nSPS) is 23.1. The number of nitrogens with one attached hydrogen (secondary N) is 3. The monoisotopic (exact) mass is 1080 g/mol. The third kappa shape index (κ3) is 11.8. The number of primary amides is 1. The Morgan fingerprint density at radius 2 is 1.50 bits per heavy atom. The number of carbonyl (C=O) groups is 5. The summed E-state index contributed by atoms with van der Waals surface area (Å²) >= 11 is 0. The molecule has 8 rings (SSSR count). The molecular formula is C53H70F3N9O10Si. The molecule has 4 saturated heterocycles. The largest absolute Gasteiger partial charge is 0.453 e. The van der Waals surface area contributed by atoms with E-state index in [-0.39, 0.29) is 35.0 Å². The van der Waals surface area contributed by atoms with Crippen molar-refractivity contribution in [2.75, 3.05) is 71.0 Å². The van der Waals surface area contributed by atoms with E-state index in [1.54, 1.807) is 54.0 Å². The summed E-state index contributed by atoms with van der Waals surface area (Å²) in [5.41, 5.74) is 7.46. The zero-order valence-corrected chi connectivity index (χ0v) is 45.3. The number of H-pyrrole nitrogens is 1. The molecule has 5 amide bonds. The number of halogens is 3. The van der Waals surface area contributed by atoms with Crippen molar-refractivity contribution in [3.63, 3.8) is 0 Å². The molecule has 5 N–H and O–H groups in total. The first-order chi connectivity index (χ1) is 36.2. The third-order valence-corrected chi connectivity index (χ3v) is 18.9. The molecule has 4 unspecified atom stereocenters. The number of fused-ring (bicyclic) bond motifs is 1. The lowest BCUT2D eigenvalue weighted by molar-refractivity contribution is -0.148. The van der Waals surface area contributed by atoms with Crippen molar-refractivity contribution in [3.8, 4) is 0 Å². The van der Waals surface area contributed by atoms with Crippen LogP contribution in [0.1, 0.15) is 91.4 Å². The van der Waals surface area contributed by atoms with Gasteiger partial charge in [-0.05, 0) is 93.9 Å². The number of carbonyl (C=O) groups excluding carboxylic acids is 5. The van der Waals surface area contributed by atoms with Gasteiger partial charge >= 0.3 is 12.2 Å². The lowest BCUT2D eigenvalue weighted by Crippen LogP contribution is -2.54. The molecule has 23 heteroatoms. The van der Waals surface area contributed by atoms with E-state index >= 15 is 13.2 Å². The highest BCUT2D eigenvalue weighted by Crippen LogP contribution is 2.49. The van der Waals surface area contributed by atoms with Gasteiger partial charge in [0, 0.05) is 76.3 Å². The van der Waals surface area contributed by atoms with E-state index in [2.05, 4.69) is 28.7 Å². The maximum Gasteiger partial charge on any atom is 0.407 e. The fourth-order valence-electron chi connectivity index (χ4n) is 11.3. The van der Waals surface area contributed by atoms with Gasteiger partial charge in [0.05, 0.1) is 57.1 Å². The van der Waals surface area contributed by atoms with E-state index in [9.17, 15) is 24.0 Å². The van der Waals surface area contributed by atoms with Gasteiger partial charge in [-0.1, -0.05) is 25.2 Å². The molecule has 19 nitrogen and oxygen atoms in total. The highest BCUT2D eigenvalue weighted by molar-refractivity contribution is 6.77. The topological polar surface area (TPSA) is 223 Å². The zero-order valence-electron chi connectivity index (χ0n) is 44.3. The Balaban J connectivity index is 1.10. The number of hydrogen-bond acceptors (Lipinski definition) is 13. The predicted octanol–water partition coefficient (Wildman–Crippen LogP) is 7.06. The number of rotatable bonds is 17. The van der Waals surface area contributed by atoms with Gasteiger partial charge in [0.1, 0.15) is 35.6 Å². The van der Waals surface area contributed by atoms with Crippen molar-refractivity contribution in [1.29, 1.82) is 0 Å². The second kappa shape index (κ2) is 23.4. The van der Waals surface area contributed by atoms with Crippen molar-refractivity contribution in [2.24, 2.45) is 11.7 Å². The molecule has 1 aromatic heterocycles. The second-order valence-electron chi connectivity index (χ2n) is 21.1. The molecule has 76 heavy (non-hydrogen) atoms. The van der Waals surface area contributed by atoms with Crippen molar-refractivity contribution >= 4 is 60.4 Å². The van der Waals surface area contributed by atoms with E-state index in [4.69, 9.17) is 34.4 Å². The lowest BCUT2D eigenvalue weighted by atomic mass is 10.0. The molecule has 0 saturated carbocycles. The fraction of sp³-hybridized carbons (Fsp3) is 0.547. The Hall–Kier alpha value is -6.43. The first-order valence-electron chi connectivity index (χ1n) is 25.8. The van der Waals surface area contributed by atoms with Gasteiger partial charge in [0.2, 0.25) is 12.0 Å². The molecule has 4 aliphatic rings. The molecule has 412 valence electrons. The molecule has 0 aliphatic carbocycles. The number of hydrogen-bond donors (Lipinski definition) is 4. The number of ether oxygens (including phenoxy) is 5. The van der Waals surface area contributed by atoms with E-state index < -0.39 is 104 Å². The smallest absolute Gasteiger partial charge is 0.407 e. The number of aromatic nitrogens is 2. The number of aromatic amines is 1. The quantitative estimate of drug-likeness (QED) is 0.0779. The highest BCUT2D eigenvalue weighted by atomic mass is 28.3. The second-order valence-corrected chi connectivity index (χ2v) is 26.5. The summed E-state index contributed by atoms with van der Waals surface area (Å²) in [7, 11) is 4.07. The maximum absolute atomic E-state index is 16.8. The fourth-order valence-corrected chi connectivity index (χ4v) is 13.3. The van der Waals surface area contributed by atoms with Gasteiger partial charge in [-0.2, -0.15) is 0 Å². The van der Waals surface area contributed by atoms with Crippen molar-refractivity contribution in [3.05, 3.63) is 88.5 Å². The molecule has 4 aromatic rings. The molecule has 5 heterocycles. The molecule has 0 radical (unpaired) electrons. The molecule has 4 aliphatic heterocycles. The van der Waals surface area contributed by atoms with Crippen LogP contribution in [0.15, 0.2) is 48.5 Å². The molecule has 3 aromatic carbocycles. The van der Waals surface area contributed by atoms with Crippen LogP contribution in [-0.4, -0.2) is 149 Å². The van der Waals surface area contributed by atoms with Crippen LogP contribution in [0.2, 0.25) is 25.2 Å². The number of benzene rings is 3. The Labute approximate surface area is 441 Å². The SMILES string of the molecule is COC[C@H]1C[C@@H](NC(=O)c2ccc([C@H]3CC[C@H](c4cc5[nH]c([C@@H]6CCCN6C(=O)C(NC(=O)OC)C(C)OC)nc5cc4F)N3c3cc(F)c(N4CC[Si](C)(C)CC4)c(F)c3)cc2)N(C(=O)C(OC(N)=O)C(C)OC)C1. The number of alkyl carbamates (subject to hydrolysis) is 1. The van der Waals surface area contributed by atoms with E-state index in [0.29, 0.717) is 80.8 Å². The highest BCUT2D eigenvalue weighted by Gasteiger charge is 2.44. The van der Waals surface area contributed by atoms with Gasteiger partial charge in [0.15, 0.2) is 11.6 Å². The van der Waals surface area contributed by atoms with Gasteiger partial charge in [-0.3, -0.25) is 14.4 Å². The van der Waals surface area contributed by atoms with Crippen LogP contribution in [0.4, 0.5) is 34.1 Å². The van der Waals surface area contributed by atoms with Crippen molar-refractivity contribution in [1.82, 2.24) is 30.4 Å². The van der Waals surface area contributed by atoms with Gasteiger partial charge < -0.3 is 64.6 Å². The van der Waals surface area contributed by atoms with Crippen molar-refractivity contribution < 1.29 is 60.8 Å². The van der Waals surface area contributed by atoms with E-state index in [1.807, 2.05) is 4.90 Å². The number of methoxy groups -OCH3 is 4. The number of likely N-dealkylation sites (tertiary alicyclic amines) is 2. The summed E-state index contributed by atoms with van der Waals surface area (Å²) in [5.74, 6) is -3.24. The number of nitrogens with zero attached hydrogens (tertiary/aromatic N) is 5. The molecule has 9 atom stereocenters. The maximum atomic E-state index is 16.8. The minimum atomic E-state index is -1.48.